The van der Waals surface area contributed by atoms with E-state index in [1.807, 2.05) is 13.0 Å². The van der Waals surface area contributed by atoms with Crippen LogP contribution in [0.2, 0.25) is 0 Å². The molecule has 0 saturated carbocycles. The lowest BCUT2D eigenvalue weighted by Gasteiger charge is -2.16. The zero-order valence-corrected chi connectivity index (χ0v) is 13.0. The molecule has 0 fully saturated rings. The zero-order chi connectivity index (χ0) is 16.3. The Morgan fingerprint density at radius 3 is 2.32 bits per heavy atom. The number of hydrogen-bond acceptors (Lipinski definition) is 5. The first-order chi connectivity index (χ1) is 10.6. The van der Waals surface area contributed by atoms with Crippen molar-refractivity contribution >= 4 is 0 Å². The lowest BCUT2D eigenvalue weighted by molar-refractivity contribution is 0.282. The van der Waals surface area contributed by atoms with E-state index < -0.39 is 0 Å². The van der Waals surface area contributed by atoms with E-state index in [1.165, 1.54) is 14.2 Å². The number of aliphatic hydroxyl groups excluding tert-OH is 1. The van der Waals surface area contributed by atoms with Crippen molar-refractivity contribution in [2.45, 2.75) is 13.5 Å². The van der Waals surface area contributed by atoms with Gasteiger partial charge in [-0.15, -0.1) is 0 Å². The molecule has 22 heavy (non-hydrogen) atoms. The van der Waals surface area contributed by atoms with Gasteiger partial charge in [0.15, 0.2) is 11.5 Å². The van der Waals surface area contributed by atoms with Gasteiger partial charge in [0.25, 0.3) is 0 Å². The molecule has 116 valence electrons. The number of hydrogen-bond donors (Lipinski definition) is 2. The SMILES string of the molecule is COc1ccc(-c2c(C)[nH]c(C#N)c2CO)c(OC)c1OC. The number of aliphatic hydroxyl groups is 1. The fourth-order valence-electron chi connectivity index (χ4n) is 2.59. The summed E-state index contributed by atoms with van der Waals surface area (Å²) in [4.78, 5) is 2.98. The van der Waals surface area contributed by atoms with Crippen molar-refractivity contribution in [3.8, 4) is 34.4 Å². The molecule has 0 unspecified atom stereocenters. The summed E-state index contributed by atoms with van der Waals surface area (Å²) in [5.74, 6) is 1.50. The van der Waals surface area contributed by atoms with Gasteiger partial charge in [0.1, 0.15) is 11.8 Å². The highest BCUT2D eigenvalue weighted by Crippen LogP contribution is 2.46. The number of benzene rings is 1. The van der Waals surface area contributed by atoms with Gasteiger partial charge in [-0.25, -0.2) is 0 Å². The van der Waals surface area contributed by atoms with Crippen molar-refractivity contribution in [3.05, 3.63) is 29.1 Å². The average Bonchev–Trinajstić information content (AvgIpc) is 2.88. The third-order valence-electron chi connectivity index (χ3n) is 3.53. The minimum Gasteiger partial charge on any atom is -0.493 e. The topological polar surface area (TPSA) is 87.5 Å². The summed E-state index contributed by atoms with van der Waals surface area (Å²) in [7, 11) is 4.61. The monoisotopic (exact) mass is 302 g/mol. The van der Waals surface area contributed by atoms with E-state index in [-0.39, 0.29) is 6.61 Å². The van der Waals surface area contributed by atoms with Gasteiger partial charge in [0.05, 0.1) is 27.9 Å². The maximum absolute atomic E-state index is 9.63. The number of nitrogens with zero attached hydrogens (tertiary/aromatic N) is 1. The first-order valence-corrected chi connectivity index (χ1v) is 6.64. The van der Waals surface area contributed by atoms with Crippen LogP contribution in [0.15, 0.2) is 12.1 Å². The predicted octanol–water partition coefficient (Wildman–Crippen LogP) is 2.38. The highest BCUT2D eigenvalue weighted by molar-refractivity contribution is 5.81. The van der Waals surface area contributed by atoms with Gasteiger partial charge in [-0.1, -0.05) is 0 Å². The number of aryl methyl sites for hydroxylation is 1. The van der Waals surface area contributed by atoms with Crippen LogP contribution in [0, 0.1) is 18.3 Å². The zero-order valence-electron chi connectivity index (χ0n) is 13.0. The number of nitrogens with one attached hydrogen (secondary N) is 1. The molecule has 0 saturated heterocycles. The molecule has 6 heteroatoms. The second kappa shape index (κ2) is 6.41. The molecule has 0 radical (unpaired) electrons. The standard InChI is InChI=1S/C16H18N2O4/c1-9-14(11(8-19)12(7-17)18-9)10-5-6-13(20-2)16(22-4)15(10)21-3/h5-6,18-19H,8H2,1-4H3. The number of H-pyrrole nitrogens is 1. The first-order valence-electron chi connectivity index (χ1n) is 6.64. The van der Waals surface area contributed by atoms with Gasteiger partial charge in [0, 0.05) is 22.4 Å². The molecule has 2 N–H and O–H groups in total. The number of rotatable bonds is 5. The van der Waals surface area contributed by atoms with Crippen LogP contribution < -0.4 is 14.2 Å². The molecule has 0 aliphatic carbocycles. The Hall–Kier alpha value is -2.65. The normalized spacial score (nSPS) is 10.2. The molecular formula is C16H18N2O4. The number of ether oxygens (including phenoxy) is 3. The van der Waals surface area contributed by atoms with Crippen LogP contribution in [0.1, 0.15) is 17.0 Å². The van der Waals surface area contributed by atoms with Crippen LogP contribution in [0.25, 0.3) is 11.1 Å². The molecule has 6 nitrogen and oxygen atoms in total. The van der Waals surface area contributed by atoms with Crippen molar-refractivity contribution in [2.75, 3.05) is 21.3 Å². The second-order valence-electron chi connectivity index (χ2n) is 4.63. The number of nitriles is 1. The molecule has 1 aromatic heterocycles. The molecule has 0 aliphatic rings. The first kappa shape index (κ1) is 15.7. The Bertz CT molecular complexity index is 729. The van der Waals surface area contributed by atoms with E-state index in [9.17, 15) is 10.4 Å². The van der Waals surface area contributed by atoms with E-state index in [2.05, 4.69) is 11.1 Å². The Kier molecular flexibility index (Phi) is 4.59. The molecular weight excluding hydrogens is 284 g/mol. The Labute approximate surface area is 128 Å². The molecule has 1 heterocycles. The van der Waals surface area contributed by atoms with Crippen LogP contribution >= 0.6 is 0 Å². The summed E-state index contributed by atoms with van der Waals surface area (Å²) in [6, 6.07) is 5.63. The molecule has 0 bridgehead atoms. The Morgan fingerprint density at radius 2 is 1.82 bits per heavy atom. The molecule has 0 atom stereocenters. The number of methoxy groups -OCH3 is 3. The van der Waals surface area contributed by atoms with Crippen molar-refractivity contribution in [1.29, 1.82) is 5.26 Å². The Morgan fingerprint density at radius 1 is 1.14 bits per heavy atom. The van der Waals surface area contributed by atoms with E-state index in [1.54, 1.807) is 13.2 Å². The summed E-state index contributed by atoms with van der Waals surface area (Å²) in [5, 5.41) is 18.8. The van der Waals surface area contributed by atoms with Crippen molar-refractivity contribution < 1.29 is 19.3 Å². The largest absolute Gasteiger partial charge is 0.493 e. The Balaban J connectivity index is 2.79. The van der Waals surface area contributed by atoms with Gasteiger partial charge in [-0.05, 0) is 19.1 Å². The van der Waals surface area contributed by atoms with Crippen molar-refractivity contribution in [2.24, 2.45) is 0 Å². The molecule has 0 spiro atoms. The fraction of sp³-hybridized carbons (Fsp3) is 0.312. The minimum atomic E-state index is -0.250. The summed E-state index contributed by atoms with van der Waals surface area (Å²) in [6.45, 7) is 1.59. The third kappa shape index (κ3) is 2.36. The smallest absolute Gasteiger partial charge is 0.203 e. The van der Waals surface area contributed by atoms with Crippen LogP contribution in [-0.4, -0.2) is 31.4 Å². The maximum atomic E-state index is 9.63. The number of aromatic amines is 1. The summed E-state index contributed by atoms with van der Waals surface area (Å²) in [5.41, 5.74) is 3.10. The van der Waals surface area contributed by atoms with E-state index >= 15 is 0 Å². The molecule has 2 aromatic rings. The molecule has 0 amide bonds. The second-order valence-corrected chi connectivity index (χ2v) is 4.63. The maximum Gasteiger partial charge on any atom is 0.203 e. The van der Waals surface area contributed by atoms with Gasteiger partial charge in [-0.3, -0.25) is 0 Å². The molecule has 1 aromatic carbocycles. The third-order valence-corrected chi connectivity index (χ3v) is 3.53. The summed E-state index contributed by atoms with van der Waals surface area (Å²) in [6.07, 6.45) is 0. The summed E-state index contributed by atoms with van der Waals surface area (Å²) < 4.78 is 16.1. The summed E-state index contributed by atoms with van der Waals surface area (Å²) >= 11 is 0. The van der Waals surface area contributed by atoms with Crippen molar-refractivity contribution in [1.82, 2.24) is 4.98 Å². The van der Waals surface area contributed by atoms with Crippen LogP contribution in [0.5, 0.6) is 17.2 Å². The quantitative estimate of drug-likeness (QED) is 0.885. The van der Waals surface area contributed by atoms with Gasteiger partial charge >= 0.3 is 0 Å². The van der Waals surface area contributed by atoms with E-state index in [0.717, 1.165) is 16.8 Å². The predicted molar refractivity (Wildman–Crippen MR) is 81.3 cm³/mol. The fourth-order valence-corrected chi connectivity index (χ4v) is 2.59. The highest BCUT2D eigenvalue weighted by Gasteiger charge is 2.23. The van der Waals surface area contributed by atoms with Crippen LogP contribution in [0.4, 0.5) is 0 Å². The van der Waals surface area contributed by atoms with Crippen molar-refractivity contribution in [3.63, 3.8) is 0 Å². The lowest BCUT2D eigenvalue weighted by atomic mass is 9.99. The van der Waals surface area contributed by atoms with E-state index in [0.29, 0.717) is 28.5 Å². The van der Waals surface area contributed by atoms with Gasteiger partial charge in [0.2, 0.25) is 5.75 Å². The van der Waals surface area contributed by atoms with E-state index in [4.69, 9.17) is 14.2 Å². The minimum absolute atomic E-state index is 0.250. The molecule has 0 aliphatic heterocycles. The van der Waals surface area contributed by atoms with Crippen LogP contribution in [0.3, 0.4) is 0 Å². The van der Waals surface area contributed by atoms with Gasteiger partial charge in [-0.2, -0.15) is 5.26 Å². The molecule has 2 rings (SSSR count). The number of aromatic nitrogens is 1. The van der Waals surface area contributed by atoms with Gasteiger partial charge < -0.3 is 24.3 Å². The highest BCUT2D eigenvalue weighted by atomic mass is 16.5. The van der Waals surface area contributed by atoms with Crippen LogP contribution in [-0.2, 0) is 6.61 Å². The lowest BCUT2D eigenvalue weighted by Crippen LogP contribution is -1.98. The average molecular weight is 302 g/mol.